The van der Waals surface area contributed by atoms with Gasteiger partial charge in [-0.05, 0) is 25.7 Å². The highest BCUT2D eigenvalue weighted by molar-refractivity contribution is 5.85. The average molecular weight is 539 g/mol. The maximum atomic E-state index is 11.9. The molecule has 1 atom stereocenters. The van der Waals surface area contributed by atoms with Gasteiger partial charge < -0.3 is 9.84 Å². The van der Waals surface area contributed by atoms with Crippen LogP contribution in [0.1, 0.15) is 200 Å². The van der Waals surface area contributed by atoms with Gasteiger partial charge in [-0.3, -0.25) is 9.59 Å². The number of unbranched alkanes of at least 4 members (excludes halogenated alkanes) is 22. The molecule has 4 heteroatoms. The molecule has 0 spiro atoms. The van der Waals surface area contributed by atoms with Gasteiger partial charge in [-0.15, -0.1) is 0 Å². The second-order valence-corrected chi connectivity index (χ2v) is 11.7. The van der Waals surface area contributed by atoms with Crippen molar-refractivity contribution in [2.75, 3.05) is 0 Å². The summed E-state index contributed by atoms with van der Waals surface area (Å²) in [6.45, 7) is 4.52. The zero-order valence-corrected chi connectivity index (χ0v) is 25.8. The van der Waals surface area contributed by atoms with E-state index in [1.54, 1.807) is 0 Å². The predicted octanol–water partition coefficient (Wildman–Crippen LogP) is 10.8. The van der Waals surface area contributed by atoms with Crippen molar-refractivity contribution in [2.45, 2.75) is 206 Å². The van der Waals surface area contributed by atoms with Gasteiger partial charge in [0.25, 0.3) is 0 Å². The molecule has 1 N–H and O–H groups in total. The van der Waals surface area contributed by atoms with Gasteiger partial charge in [0.15, 0.2) is 0 Å². The summed E-state index contributed by atoms with van der Waals surface area (Å²) in [5.74, 6) is -0.828. The second kappa shape index (κ2) is 30.6. The molecule has 0 heterocycles. The van der Waals surface area contributed by atoms with Gasteiger partial charge in [-0.1, -0.05) is 162 Å². The molecule has 226 valence electrons. The SMILES string of the molecule is CCCCCCCCCCCCCCCC(=O)OC(=O)CCCC(O)CCCCCCCCCCCCC. The molecule has 0 aliphatic rings. The largest absolute Gasteiger partial charge is 0.393 e. The van der Waals surface area contributed by atoms with Crippen LogP contribution in [0.3, 0.4) is 0 Å². The van der Waals surface area contributed by atoms with Crippen molar-refractivity contribution in [3.05, 3.63) is 0 Å². The highest BCUT2D eigenvalue weighted by Gasteiger charge is 2.12. The van der Waals surface area contributed by atoms with Crippen molar-refractivity contribution in [3.63, 3.8) is 0 Å². The van der Waals surface area contributed by atoms with E-state index in [2.05, 4.69) is 13.8 Å². The normalized spacial score (nSPS) is 12.1. The maximum absolute atomic E-state index is 11.9. The summed E-state index contributed by atoms with van der Waals surface area (Å²) >= 11 is 0. The van der Waals surface area contributed by atoms with Crippen LogP contribution in [0, 0.1) is 0 Å². The number of aliphatic hydroxyl groups is 1. The van der Waals surface area contributed by atoms with Gasteiger partial charge in [0.05, 0.1) is 6.10 Å². The highest BCUT2D eigenvalue weighted by atomic mass is 16.6. The Morgan fingerprint density at radius 1 is 0.447 bits per heavy atom. The summed E-state index contributed by atoms with van der Waals surface area (Å²) in [6, 6.07) is 0. The van der Waals surface area contributed by atoms with Gasteiger partial charge in [0.1, 0.15) is 0 Å². The first-order valence-electron chi connectivity index (χ1n) is 17.0. The number of hydrogen-bond donors (Lipinski definition) is 1. The van der Waals surface area contributed by atoms with E-state index in [1.807, 2.05) is 0 Å². The van der Waals surface area contributed by atoms with Gasteiger partial charge in [-0.2, -0.15) is 0 Å². The van der Waals surface area contributed by atoms with E-state index < -0.39 is 5.97 Å². The molecule has 38 heavy (non-hydrogen) atoms. The summed E-state index contributed by atoms with van der Waals surface area (Å²) in [6.07, 6.45) is 33.1. The van der Waals surface area contributed by atoms with Crippen molar-refractivity contribution in [2.24, 2.45) is 0 Å². The number of aliphatic hydroxyl groups excluding tert-OH is 1. The molecule has 0 amide bonds. The Labute approximate surface area is 237 Å². The zero-order valence-electron chi connectivity index (χ0n) is 25.8. The number of rotatable bonds is 30. The summed E-state index contributed by atoms with van der Waals surface area (Å²) < 4.78 is 4.95. The lowest BCUT2D eigenvalue weighted by Gasteiger charge is -2.10. The standard InChI is InChI=1S/C34H66O4/c1-3-5-7-9-11-13-15-16-18-20-22-24-26-30-33(36)38-34(37)31-27-29-32(35)28-25-23-21-19-17-14-12-10-8-6-4-2/h32,35H,3-31H2,1-2H3. The minimum atomic E-state index is -0.438. The third-order valence-corrected chi connectivity index (χ3v) is 7.77. The van der Waals surface area contributed by atoms with E-state index in [0.29, 0.717) is 19.3 Å². The van der Waals surface area contributed by atoms with E-state index in [1.165, 1.54) is 128 Å². The maximum Gasteiger partial charge on any atom is 0.313 e. The van der Waals surface area contributed by atoms with Crippen LogP contribution in [0.4, 0.5) is 0 Å². The number of esters is 2. The fraction of sp³-hybridized carbons (Fsp3) is 0.941. The van der Waals surface area contributed by atoms with Crippen LogP contribution < -0.4 is 0 Å². The van der Waals surface area contributed by atoms with Gasteiger partial charge >= 0.3 is 11.9 Å². The first-order valence-corrected chi connectivity index (χ1v) is 17.0. The Kier molecular flexibility index (Phi) is 29.9. The molecule has 0 aliphatic carbocycles. The first-order chi connectivity index (χ1) is 18.6. The van der Waals surface area contributed by atoms with Crippen LogP contribution in [-0.4, -0.2) is 23.1 Å². The topological polar surface area (TPSA) is 63.6 Å². The lowest BCUT2D eigenvalue weighted by atomic mass is 10.0. The Morgan fingerprint density at radius 3 is 1.13 bits per heavy atom. The van der Waals surface area contributed by atoms with E-state index in [4.69, 9.17) is 4.74 Å². The van der Waals surface area contributed by atoms with E-state index in [9.17, 15) is 14.7 Å². The predicted molar refractivity (Wildman–Crippen MR) is 162 cm³/mol. The molecule has 0 saturated carbocycles. The fourth-order valence-corrected chi connectivity index (χ4v) is 5.19. The minimum Gasteiger partial charge on any atom is -0.393 e. The first kappa shape index (κ1) is 37.1. The Balaban J connectivity index is 3.40. The molecule has 0 fully saturated rings. The quantitative estimate of drug-likeness (QED) is 0.0561. The van der Waals surface area contributed by atoms with Crippen LogP contribution >= 0.6 is 0 Å². The van der Waals surface area contributed by atoms with Gasteiger partial charge in [0, 0.05) is 12.8 Å². The lowest BCUT2D eigenvalue weighted by molar-refractivity contribution is -0.159. The Hall–Kier alpha value is -0.900. The fourth-order valence-electron chi connectivity index (χ4n) is 5.19. The van der Waals surface area contributed by atoms with Crippen molar-refractivity contribution >= 4 is 11.9 Å². The van der Waals surface area contributed by atoms with Crippen molar-refractivity contribution < 1.29 is 19.4 Å². The van der Waals surface area contributed by atoms with Crippen molar-refractivity contribution in [1.29, 1.82) is 0 Å². The van der Waals surface area contributed by atoms with Crippen LogP contribution in [-0.2, 0) is 14.3 Å². The van der Waals surface area contributed by atoms with Gasteiger partial charge in [-0.25, -0.2) is 0 Å². The van der Waals surface area contributed by atoms with Crippen molar-refractivity contribution in [3.8, 4) is 0 Å². The number of carbonyl (C=O) groups excluding carboxylic acids is 2. The monoisotopic (exact) mass is 538 g/mol. The molecule has 4 nitrogen and oxygen atoms in total. The molecular weight excluding hydrogens is 472 g/mol. The molecule has 1 unspecified atom stereocenters. The third kappa shape index (κ3) is 29.7. The molecule has 0 aliphatic heterocycles. The number of ether oxygens (including phenoxy) is 1. The van der Waals surface area contributed by atoms with E-state index >= 15 is 0 Å². The highest BCUT2D eigenvalue weighted by Crippen LogP contribution is 2.15. The number of carbonyl (C=O) groups is 2. The summed E-state index contributed by atoms with van der Waals surface area (Å²) in [4.78, 5) is 23.8. The summed E-state index contributed by atoms with van der Waals surface area (Å²) in [5, 5.41) is 10.2. The molecule has 0 aromatic heterocycles. The van der Waals surface area contributed by atoms with E-state index in [0.717, 1.165) is 32.1 Å². The Bertz CT molecular complexity index is 505. The number of hydrogen-bond acceptors (Lipinski definition) is 4. The lowest BCUT2D eigenvalue weighted by Crippen LogP contribution is -2.13. The molecular formula is C34H66O4. The molecule has 0 rings (SSSR count). The third-order valence-electron chi connectivity index (χ3n) is 7.77. The molecule has 0 bridgehead atoms. The van der Waals surface area contributed by atoms with Crippen LogP contribution in [0.15, 0.2) is 0 Å². The molecule has 0 radical (unpaired) electrons. The van der Waals surface area contributed by atoms with Crippen LogP contribution in [0.2, 0.25) is 0 Å². The molecule has 0 aromatic rings. The molecule has 0 saturated heterocycles. The Morgan fingerprint density at radius 2 is 0.737 bits per heavy atom. The zero-order chi connectivity index (χ0) is 27.9. The second-order valence-electron chi connectivity index (χ2n) is 11.7. The van der Waals surface area contributed by atoms with Crippen LogP contribution in [0.5, 0.6) is 0 Å². The van der Waals surface area contributed by atoms with E-state index in [-0.39, 0.29) is 18.5 Å². The van der Waals surface area contributed by atoms with Crippen LogP contribution in [0.25, 0.3) is 0 Å². The molecule has 0 aromatic carbocycles. The summed E-state index contributed by atoms with van der Waals surface area (Å²) in [7, 11) is 0. The van der Waals surface area contributed by atoms with Gasteiger partial charge in [0.2, 0.25) is 0 Å². The minimum absolute atomic E-state index is 0.222. The smallest absolute Gasteiger partial charge is 0.313 e. The average Bonchev–Trinajstić information content (AvgIpc) is 2.90. The van der Waals surface area contributed by atoms with Crippen molar-refractivity contribution in [1.82, 2.24) is 0 Å². The summed E-state index contributed by atoms with van der Waals surface area (Å²) in [5.41, 5.74) is 0.